The lowest BCUT2D eigenvalue weighted by molar-refractivity contribution is -0.170. The summed E-state index contributed by atoms with van der Waals surface area (Å²) in [6.07, 6.45) is 9.62. The van der Waals surface area contributed by atoms with Crippen molar-refractivity contribution in [1.82, 2.24) is 20.1 Å². The number of nitrogens with zero attached hydrogens (tertiary/aromatic N) is 2. The van der Waals surface area contributed by atoms with Crippen LogP contribution in [-0.2, 0) is 11.3 Å². The fraction of sp³-hybridized carbons (Fsp3) is 0.850. The molecule has 5 saturated carbocycles. The van der Waals surface area contributed by atoms with E-state index in [-0.39, 0.29) is 5.41 Å². The fourth-order valence-electron chi connectivity index (χ4n) is 7.37. The average Bonchev–Trinajstić information content (AvgIpc) is 3.28. The Morgan fingerprint density at radius 2 is 1.92 bits per heavy atom. The molecule has 0 aromatic carbocycles. The number of nitrogens with one attached hydrogen (secondary N) is 2. The van der Waals surface area contributed by atoms with Crippen LogP contribution < -0.4 is 5.32 Å². The highest BCUT2D eigenvalue weighted by Gasteiger charge is 2.62. The smallest absolute Gasteiger partial charge is 0.226 e. The first-order valence-electron chi connectivity index (χ1n) is 10.2. The lowest BCUT2D eigenvalue weighted by atomic mass is 9.40. The van der Waals surface area contributed by atoms with Crippen LogP contribution in [0.3, 0.4) is 0 Å². The molecule has 26 heavy (non-hydrogen) atoms. The summed E-state index contributed by atoms with van der Waals surface area (Å²) in [5, 5.41) is 10.6. The molecule has 6 rings (SSSR count). The van der Waals surface area contributed by atoms with Crippen LogP contribution in [0.5, 0.6) is 0 Å². The molecule has 5 aliphatic rings. The van der Waals surface area contributed by atoms with E-state index in [1.807, 2.05) is 0 Å². The molecule has 0 saturated heterocycles. The van der Waals surface area contributed by atoms with Crippen molar-refractivity contribution >= 4 is 18.1 Å². The fourth-order valence-corrected chi connectivity index (χ4v) is 7.60. The quantitative estimate of drug-likeness (QED) is 0.768. The molecule has 6 heteroatoms. The Bertz CT molecular complexity index is 789. The number of hydrogen-bond donors (Lipinski definition) is 2. The molecule has 4 bridgehead atoms. The molecule has 0 radical (unpaired) electrons. The van der Waals surface area contributed by atoms with Gasteiger partial charge in [0, 0.05) is 19.0 Å². The highest BCUT2D eigenvalue weighted by Crippen LogP contribution is 2.69. The number of amides is 1. The van der Waals surface area contributed by atoms with Crippen LogP contribution in [0.25, 0.3) is 0 Å². The zero-order valence-corrected chi connectivity index (χ0v) is 16.8. The second kappa shape index (κ2) is 5.43. The van der Waals surface area contributed by atoms with Gasteiger partial charge in [-0.05, 0) is 80.3 Å². The molecule has 5 aliphatic carbocycles. The monoisotopic (exact) mass is 374 g/mol. The van der Waals surface area contributed by atoms with Crippen LogP contribution in [0.15, 0.2) is 0 Å². The summed E-state index contributed by atoms with van der Waals surface area (Å²) in [7, 11) is 0. The van der Waals surface area contributed by atoms with E-state index in [0.717, 1.165) is 37.5 Å². The Morgan fingerprint density at radius 1 is 1.23 bits per heavy atom. The number of carbonyl (C=O) groups excluding carboxylic acids is 1. The summed E-state index contributed by atoms with van der Waals surface area (Å²) in [5.41, 5.74) is 0.621. The Balaban J connectivity index is 1.28. The third kappa shape index (κ3) is 2.67. The van der Waals surface area contributed by atoms with Crippen molar-refractivity contribution in [3.8, 4) is 0 Å². The van der Waals surface area contributed by atoms with Gasteiger partial charge in [0.15, 0.2) is 4.77 Å². The predicted octanol–water partition coefficient (Wildman–Crippen LogP) is 3.93. The van der Waals surface area contributed by atoms with E-state index in [1.54, 1.807) is 0 Å². The zero-order chi connectivity index (χ0) is 18.2. The number of aromatic nitrogens is 3. The summed E-state index contributed by atoms with van der Waals surface area (Å²) in [6.45, 7) is 6.21. The molecule has 1 amide bonds. The molecule has 2 atom stereocenters. The van der Waals surface area contributed by atoms with Gasteiger partial charge in [-0.2, -0.15) is 5.10 Å². The summed E-state index contributed by atoms with van der Waals surface area (Å²) >= 11 is 5.38. The Hall–Kier alpha value is -1.17. The minimum absolute atomic E-state index is 0.125. The van der Waals surface area contributed by atoms with Crippen LogP contribution in [0.1, 0.15) is 77.0 Å². The molecule has 5 nitrogen and oxygen atoms in total. The summed E-state index contributed by atoms with van der Waals surface area (Å²) in [5.74, 6) is 2.67. The maximum absolute atomic E-state index is 13.3. The highest BCUT2D eigenvalue weighted by atomic mass is 32.1. The molecule has 1 aromatic heterocycles. The molecular formula is C20H30N4OS. The van der Waals surface area contributed by atoms with Gasteiger partial charge in [-0.1, -0.05) is 13.8 Å². The van der Waals surface area contributed by atoms with Crippen LogP contribution in [0.2, 0.25) is 0 Å². The summed E-state index contributed by atoms with van der Waals surface area (Å²) < 4.78 is 2.76. The van der Waals surface area contributed by atoms with E-state index < -0.39 is 0 Å². The molecule has 0 aliphatic heterocycles. The number of carbonyl (C=O) groups is 1. The minimum atomic E-state index is -0.125. The molecule has 1 aromatic rings. The van der Waals surface area contributed by atoms with Gasteiger partial charge in [-0.25, -0.2) is 0 Å². The molecular weight excluding hydrogens is 344 g/mol. The molecule has 2 N–H and O–H groups in total. The van der Waals surface area contributed by atoms with Crippen LogP contribution in [0, 0.1) is 26.9 Å². The van der Waals surface area contributed by atoms with Crippen molar-refractivity contribution in [3.05, 3.63) is 10.6 Å². The van der Waals surface area contributed by atoms with E-state index >= 15 is 0 Å². The number of H-pyrrole nitrogens is 1. The van der Waals surface area contributed by atoms with Crippen molar-refractivity contribution in [3.63, 3.8) is 0 Å². The number of aromatic amines is 1. The van der Waals surface area contributed by atoms with Crippen LogP contribution in [-0.4, -0.2) is 27.2 Å². The van der Waals surface area contributed by atoms with Crippen molar-refractivity contribution in [2.45, 2.75) is 77.7 Å². The number of rotatable bonds is 5. The average molecular weight is 375 g/mol. The summed E-state index contributed by atoms with van der Waals surface area (Å²) in [6, 6.07) is 0. The van der Waals surface area contributed by atoms with Crippen molar-refractivity contribution in [2.75, 3.05) is 6.54 Å². The first-order valence-corrected chi connectivity index (χ1v) is 10.6. The first kappa shape index (κ1) is 17.0. The predicted molar refractivity (Wildman–Crippen MR) is 102 cm³/mol. The van der Waals surface area contributed by atoms with Gasteiger partial charge in [0.05, 0.1) is 5.41 Å². The Morgan fingerprint density at radius 3 is 2.54 bits per heavy atom. The van der Waals surface area contributed by atoms with E-state index in [0.29, 0.717) is 34.0 Å². The molecule has 142 valence electrons. The van der Waals surface area contributed by atoms with Crippen LogP contribution >= 0.6 is 12.2 Å². The molecule has 0 spiro atoms. The zero-order valence-electron chi connectivity index (χ0n) is 15.9. The van der Waals surface area contributed by atoms with Gasteiger partial charge in [0.2, 0.25) is 5.91 Å². The van der Waals surface area contributed by atoms with E-state index in [2.05, 4.69) is 33.9 Å². The highest BCUT2D eigenvalue weighted by molar-refractivity contribution is 7.71. The van der Waals surface area contributed by atoms with E-state index in [4.69, 9.17) is 12.2 Å². The summed E-state index contributed by atoms with van der Waals surface area (Å²) in [4.78, 5) is 13.3. The van der Waals surface area contributed by atoms with E-state index in [1.165, 1.54) is 32.1 Å². The SMILES string of the molecule is CC12CC3CC(C)(C1)CC(C(=O)NCCn1c(C4CC4)n[nH]c1=S)(C3)C2. The largest absolute Gasteiger partial charge is 0.354 e. The van der Waals surface area contributed by atoms with Crippen LogP contribution in [0.4, 0.5) is 0 Å². The normalized spacial score (nSPS) is 40.8. The van der Waals surface area contributed by atoms with Gasteiger partial charge >= 0.3 is 0 Å². The second-order valence-corrected chi connectivity index (χ2v) is 10.9. The van der Waals surface area contributed by atoms with Gasteiger partial charge in [-0.15, -0.1) is 0 Å². The van der Waals surface area contributed by atoms with Gasteiger partial charge in [0.25, 0.3) is 0 Å². The lowest BCUT2D eigenvalue weighted by Crippen LogP contribution is -2.60. The van der Waals surface area contributed by atoms with Crippen molar-refractivity contribution < 1.29 is 4.79 Å². The number of hydrogen-bond acceptors (Lipinski definition) is 3. The maximum Gasteiger partial charge on any atom is 0.226 e. The Labute approximate surface area is 160 Å². The molecule has 2 unspecified atom stereocenters. The second-order valence-electron chi connectivity index (χ2n) is 10.5. The lowest BCUT2D eigenvalue weighted by Gasteiger charge is -2.64. The maximum atomic E-state index is 13.3. The first-order chi connectivity index (χ1) is 12.3. The van der Waals surface area contributed by atoms with Crippen molar-refractivity contribution in [2.24, 2.45) is 22.2 Å². The van der Waals surface area contributed by atoms with Gasteiger partial charge in [0.1, 0.15) is 5.82 Å². The third-order valence-corrected chi connectivity index (χ3v) is 7.77. The molecule has 5 fully saturated rings. The van der Waals surface area contributed by atoms with Crippen molar-refractivity contribution in [1.29, 1.82) is 0 Å². The topological polar surface area (TPSA) is 62.7 Å². The molecule has 1 heterocycles. The van der Waals surface area contributed by atoms with Gasteiger partial charge < -0.3 is 9.88 Å². The van der Waals surface area contributed by atoms with E-state index in [9.17, 15) is 4.79 Å². The van der Waals surface area contributed by atoms with Gasteiger partial charge in [-0.3, -0.25) is 9.89 Å². The standard InChI is InChI=1S/C20H30N4OS/c1-18-7-13-8-19(2,10-18)12-20(9-13,11-18)16(25)21-5-6-24-15(14-3-4-14)22-23-17(24)26/h13-14H,3-12H2,1-2H3,(H,21,25)(H,23,26). The third-order valence-electron chi connectivity index (χ3n) is 7.46. The minimum Gasteiger partial charge on any atom is -0.354 e. The Kier molecular flexibility index (Phi) is 3.54.